The summed E-state index contributed by atoms with van der Waals surface area (Å²) in [6, 6.07) is -0.584. The molecule has 18 heavy (non-hydrogen) atoms. The first-order valence-corrected chi connectivity index (χ1v) is 6.57. The lowest BCUT2D eigenvalue weighted by atomic mass is 10.1. The summed E-state index contributed by atoms with van der Waals surface area (Å²) in [5.41, 5.74) is 5.47. The summed E-state index contributed by atoms with van der Waals surface area (Å²) in [4.78, 5) is 23.6. The molecule has 2 atom stereocenters. The average Bonchev–Trinajstić information content (AvgIpc) is 2.25. The molecule has 0 spiro atoms. The number of hydrogen-bond acceptors (Lipinski definition) is 3. The highest BCUT2D eigenvalue weighted by molar-refractivity contribution is 7.80. The van der Waals surface area contributed by atoms with Crippen LogP contribution in [0.25, 0.3) is 0 Å². The monoisotopic (exact) mass is 273 g/mol. The van der Waals surface area contributed by atoms with E-state index in [4.69, 9.17) is 18.0 Å². The topological polar surface area (TPSA) is 84.2 Å². The smallest absolute Gasteiger partial charge is 0.242 e. The second-order valence-electron chi connectivity index (χ2n) is 4.73. The van der Waals surface area contributed by atoms with Crippen molar-refractivity contribution in [1.82, 2.24) is 10.6 Å². The van der Waals surface area contributed by atoms with Crippen molar-refractivity contribution >= 4 is 29.0 Å². The van der Waals surface area contributed by atoms with Gasteiger partial charge in [-0.2, -0.15) is 0 Å². The van der Waals surface area contributed by atoms with Gasteiger partial charge < -0.3 is 16.4 Å². The minimum atomic E-state index is -0.584. The molecule has 0 aromatic heterocycles. The van der Waals surface area contributed by atoms with Crippen LogP contribution in [0.15, 0.2) is 0 Å². The zero-order chi connectivity index (χ0) is 14.3. The molecule has 0 aromatic carbocycles. The molecule has 2 amide bonds. The minimum absolute atomic E-state index is 0.157. The molecule has 0 fully saturated rings. The van der Waals surface area contributed by atoms with E-state index in [1.165, 1.54) is 0 Å². The molecule has 0 radical (unpaired) electrons. The van der Waals surface area contributed by atoms with Gasteiger partial charge in [0, 0.05) is 6.54 Å². The van der Waals surface area contributed by atoms with Gasteiger partial charge >= 0.3 is 0 Å². The Morgan fingerprint density at radius 3 is 2.17 bits per heavy atom. The van der Waals surface area contributed by atoms with E-state index < -0.39 is 12.0 Å². The molecule has 104 valence electrons. The third-order valence-corrected chi connectivity index (χ3v) is 2.79. The van der Waals surface area contributed by atoms with Gasteiger partial charge in [0.15, 0.2) is 0 Å². The fourth-order valence-electron chi connectivity index (χ4n) is 1.35. The van der Waals surface area contributed by atoms with Crippen molar-refractivity contribution in [2.45, 2.75) is 40.2 Å². The number of hydrogen-bond donors (Lipinski definition) is 3. The molecule has 0 aromatic rings. The van der Waals surface area contributed by atoms with Crippen LogP contribution in [-0.2, 0) is 9.59 Å². The lowest BCUT2D eigenvalue weighted by Gasteiger charge is -2.18. The maximum Gasteiger partial charge on any atom is 0.242 e. The van der Waals surface area contributed by atoms with Crippen LogP contribution in [0.5, 0.6) is 0 Å². The van der Waals surface area contributed by atoms with Crippen LogP contribution in [0.3, 0.4) is 0 Å². The van der Waals surface area contributed by atoms with Crippen LogP contribution < -0.4 is 16.4 Å². The zero-order valence-electron chi connectivity index (χ0n) is 11.4. The molecule has 0 heterocycles. The largest absolute Gasteiger partial charge is 0.393 e. The van der Waals surface area contributed by atoms with Gasteiger partial charge in [0.25, 0.3) is 0 Å². The number of carbonyl (C=O) groups excluding carboxylic acids is 2. The van der Waals surface area contributed by atoms with Crippen LogP contribution in [0, 0.1) is 11.8 Å². The lowest BCUT2D eigenvalue weighted by molar-refractivity contribution is -0.129. The number of nitrogens with two attached hydrogens (primary N) is 1. The summed E-state index contributed by atoms with van der Waals surface area (Å²) < 4.78 is 0. The van der Waals surface area contributed by atoms with Crippen LogP contribution in [0.4, 0.5) is 0 Å². The quantitative estimate of drug-likeness (QED) is 0.592. The molecule has 0 saturated heterocycles. The van der Waals surface area contributed by atoms with Gasteiger partial charge in [-0.25, -0.2) is 0 Å². The first-order chi connectivity index (χ1) is 8.29. The van der Waals surface area contributed by atoms with E-state index in [0.717, 1.165) is 0 Å². The van der Waals surface area contributed by atoms with Crippen molar-refractivity contribution in [1.29, 1.82) is 0 Å². The predicted molar refractivity (Wildman–Crippen MR) is 76.0 cm³/mol. The van der Waals surface area contributed by atoms with Crippen molar-refractivity contribution in [3.63, 3.8) is 0 Å². The molecule has 0 aliphatic rings. The van der Waals surface area contributed by atoms with E-state index in [1.807, 2.05) is 20.8 Å². The van der Waals surface area contributed by atoms with E-state index in [0.29, 0.717) is 18.9 Å². The highest BCUT2D eigenvalue weighted by Gasteiger charge is 2.23. The summed E-state index contributed by atoms with van der Waals surface area (Å²) in [6.07, 6.45) is 0.529. The third kappa shape index (κ3) is 5.95. The molecular weight excluding hydrogens is 250 g/mol. The van der Waals surface area contributed by atoms with Gasteiger partial charge in [0.1, 0.15) is 6.04 Å². The molecule has 0 bridgehead atoms. The molecule has 4 N–H and O–H groups in total. The molecule has 0 aliphatic heterocycles. The molecule has 0 aliphatic carbocycles. The number of rotatable bonds is 7. The van der Waals surface area contributed by atoms with Crippen molar-refractivity contribution in [3.05, 3.63) is 0 Å². The first-order valence-electron chi connectivity index (χ1n) is 6.16. The van der Waals surface area contributed by atoms with E-state index >= 15 is 0 Å². The molecular formula is C12H23N3O2S. The van der Waals surface area contributed by atoms with Crippen molar-refractivity contribution in [2.24, 2.45) is 17.6 Å². The Morgan fingerprint density at radius 1 is 1.22 bits per heavy atom. The Labute approximate surface area is 114 Å². The van der Waals surface area contributed by atoms with Crippen LogP contribution in [-0.4, -0.2) is 29.4 Å². The van der Waals surface area contributed by atoms with Gasteiger partial charge in [-0.15, -0.1) is 0 Å². The predicted octanol–water partition coefficient (Wildman–Crippen LogP) is 0.576. The Kier molecular flexibility index (Phi) is 7.50. The van der Waals surface area contributed by atoms with Crippen molar-refractivity contribution in [3.8, 4) is 0 Å². The summed E-state index contributed by atoms with van der Waals surface area (Å²) in [5, 5.41) is 5.37. The number of carbonyl (C=O) groups is 2. The molecule has 2 unspecified atom stereocenters. The minimum Gasteiger partial charge on any atom is -0.393 e. The summed E-state index contributed by atoms with van der Waals surface area (Å²) in [7, 11) is 0. The van der Waals surface area contributed by atoms with Crippen molar-refractivity contribution < 1.29 is 9.59 Å². The van der Waals surface area contributed by atoms with Gasteiger partial charge in [0.2, 0.25) is 11.8 Å². The van der Waals surface area contributed by atoms with Gasteiger partial charge in [0.05, 0.1) is 10.9 Å². The molecule has 6 heteroatoms. The summed E-state index contributed by atoms with van der Waals surface area (Å²) >= 11 is 4.81. The molecule has 0 saturated carbocycles. The van der Waals surface area contributed by atoms with E-state index in [9.17, 15) is 9.59 Å². The number of thiocarbonyl (C=S) groups is 1. The highest BCUT2D eigenvalue weighted by Crippen LogP contribution is 2.03. The van der Waals surface area contributed by atoms with Crippen molar-refractivity contribution in [2.75, 3.05) is 6.54 Å². The standard InChI is InChI=1S/C12H23N3O2S/c1-5-9(10(13)18)12(17)15-8(4)11(16)14-6-7(2)3/h7-9H,5-6H2,1-4H3,(H2,13,18)(H,14,16)(H,15,17). The average molecular weight is 273 g/mol. The summed E-state index contributed by atoms with van der Waals surface area (Å²) in [6.45, 7) is 8.06. The SMILES string of the molecule is CCC(C(=O)NC(C)C(=O)NCC(C)C)C(N)=S. The fraction of sp³-hybridized carbons (Fsp3) is 0.750. The van der Waals surface area contributed by atoms with E-state index in [-0.39, 0.29) is 16.8 Å². The second-order valence-corrected chi connectivity index (χ2v) is 5.20. The highest BCUT2D eigenvalue weighted by atomic mass is 32.1. The van der Waals surface area contributed by atoms with Crippen LogP contribution in [0.1, 0.15) is 34.1 Å². The third-order valence-electron chi connectivity index (χ3n) is 2.50. The van der Waals surface area contributed by atoms with Gasteiger partial charge in [-0.1, -0.05) is 33.0 Å². The Bertz CT molecular complexity index is 318. The number of amides is 2. The Hall–Kier alpha value is -1.17. The summed E-state index contributed by atoms with van der Waals surface area (Å²) in [5.74, 6) is -0.635. The fourth-order valence-corrected chi connectivity index (χ4v) is 1.63. The Morgan fingerprint density at radius 2 is 1.78 bits per heavy atom. The number of nitrogens with one attached hydrogen (secondary N) is 2. The molecule has 5 nitrogen and oxygen atoms in total. The van der Waals surface area contributed by atoms with Crippen LogP contribution in [0.2, 0.25) is 0 Å². The normalized spacial score (nSPS) is 13.8. The van der Waals surface area contributed by atoms with Crippen LogP contribution >= 0.6 is 12.2 Å². The molecule has 0 rings (SSSR count). The maximum absolute atomic E-state index is 11.8. The van der Waals surface area contributed by atoms with E-state index in [2.05, 4.69) is 10.6 Å². The first kappa shape index (κ1) is 16.8. The second kappa shape index (κ2) is 8.02. The van der Waals surface area contributed by atoms with Gasteiger partial charge in [-0.3, -0.25) is 9.59 Å². The Balaban J connectivity index is 4.29. The van der Waals surface area contributed by atoms with Gasteiger partial charge in [-0.05, 0) is 19.3 Å². The van der Waals surface area contributed by atoms with E-state index in [1.54, 1.807) is 6.92 Å². The lowest BCUT2D eigenvalue weighted by Crippen LogP contribution is -2.49. The maximum atomic E-state index is 11.8. The zero-order valence-corrected chi connectivity index (χ0v) is 12.3.